The van der Waals surface area contributed by atoms with Crippen molar-refractivity contribution in [2.24, 2.45) is 5.92 Å². The molecule has 1 aromatic heterocycles. The lowest BCUT2D eigenvalue weighted by Crippen LogP contribution is -2.21. The Labute approximate surface area is 109 Å². The number of nitrogens with zero attached hydrogens (tertiary/aromatic N) is 2. The Hall–Kier alpha value is -0.640. The molecule has 1 N–H and O–H groups in total. The normalized spacial score (nSPS) is 25.4. The van der Waals surface area contributed by atoms with Gasteiger partial charge in [-0.25, -0.2) is 0 Å². The van der Waals surface area contributed by atoms with Crippen molar-refractivity contribution < 1.29 is 0 Å². The molecular formula is C13H23N3S. The van der Waals surface area contributed by atoms with Gasteiger partial charge < -0.3 is 4.57 Å². The van der Waals surface area contributed by atoms with Crippen LogP contribution in [0.5, 0.6) is 0 Å². The lowest BCUT2D eigenvalue weighted by molar-refractivity contribution is 0.254. The van der Waals surface area contributed by atoms with Crippen LogP contribution in [0.3, 0.4) is 0 Å². The average Bonchev–Trinajstić information content (AvgIpc) is 2.71. The van der Waals surface area contributed by atoms with Crippen LogP contribution in [-0.2, 0) is 0 Å². The van der Waals surface area contributed by atoms with Crippen LogP contribution in [0.4, 0.5) is 0 Å². The van der Waals surface area contributed by atoms with E-state index in [0.29, 0.717) is 12.0 Å². The summed E-state index contributed by atoms with van der Waals surface area (Å²) in [6, 6.07) is 0.567. The molecule has 96 valence electrons. The summed E-state index contributed by atoms with van der Waals surface area (Å²) in [4.78, 5) is 0. The van der Waals surface area contributed by atoms with Crippen LogP contribution >= 0.6 is 12.2 Å². The monoisotopic (exact) mass is 253 g/mol. The number of aromatic nitrogens is 3. The maximum atomic E-state index is 5.39. The van der Waals surface area contributed by atoms with Crippen LogP contribution in [-0.4, -0.2) is 14.8 Å². The molecule has 3 nitrogen and oxygen atoms in total. The summed E-state index contributed by atoms with van der Waals surface area (Å²) < 4.78 is 3.08. The quantitative estimate of drug-likeness (QED) is 0.819. The third-order valence-electron chi connectivity index (χ3n) is 3.95. The first kappa shape index (κ1) is 12.8. The Morgan fingerprint density at radius 1 is 1.47 bits per heavy atom. The topological polar surface area (TPSA) is 33.6 Å². The molecule has 17 heavy (non-hydrogen) atoms. The van der Waals surface area contributed by atoms with E-state index in [-0.39, 0.29) is 0 Å². The number of aromatic amines is 1. The number of nitrogens with one attached hydrogen (secondary N) is 1. The summed E-state index contributed by atoms with van der Waals surface area (Å²) in [6.45, 7) is 6.66. The fourth-order valence-corrected chi connectivity index (χ4v) is 3.23. The average molecular weight is 253 g/mol. The standard InChI is InChI=1S/C13H23N3S/c1-4-10-6-5-7-11(8-10)16-12(9(2)3)14-15-13(16)17/h9-11H,4-8H2,1-3H3,(H,15,17). The molecule has 0 aliphatic heterocycles. The van der Waals surface area contributed by atoms with Gasteiger partial charge in [0.05, 0.1) is 0 Å². The molecule has 2 unspecified atom stereocenters. The molecule has 2 rings (SSSR count). The molecule has 0 aromatic carbocycles. The van der Waals surface area contributed by atoms with Gasteiger partial charge >= 0.3 is 0 Å². The second-order valence-electron chi connectivity index (χ2n) is 5.51. The van der Waals surface area contributed by atoms with Gasteiger partial charge in [-0.2, -0.15) is 5.10 Å². The second kappa shape index (κ2) is 5.34. The highest BCUT2D eigenvalue weighted by Gasteiger charge is 2.25. The minimum absolute atomic E-state index is 0.435. The number of hydrogen-bond donors (Lipinski definition) is 1. The Balaban J connectivity index is 2.26. The van der Waals surface area contributed by atoms with Gasteiger partial charge in [-0.3, -0.25) is 5.10 Å². The molecule has 0 amide bonds. The first-order valence-corrected chi connectivity index (χ1v) is 7.21. The largest absolute Gasteiger partial charge is 0.301 e. The summed E-state index contributed by atoms with van der Waals surface area (Å²) in [5.74, 6) is 2.42. The minimum atomic E-state index is 0.435. The summed E-state index contributed by atoms with van der Waals surface area (Å²) in [5.41, 5.74) is 0. The van der Waals surface area contributed by atoms with Crippen molar-refractivity contribution >= 4 is 12.2 Å². The van der Waals surface area contributed by atoms with Gasteiger partial charge in [0, 0.05) is 12.0 Å². The molecule has 1 aliphatic carbocycles. The van der Waals surface area contributed by atoms with Crippen LogP contribution in [0, 0.1) is 10.7 Å². The van der Waals surface area contributed by atoms with E-state index in [0.717, 1.165) is 16.5 Å². The number of rotatable bonds is 3. The molecule has 4 heteroatoms. The van der Waals surface area contributed by atoms with Crippen LogP contribution in [0.1, 0.15) is 70.7 Å². The Bertz CT molecular complexity index is 419. The van der Waals surface area contributed by atoms with Crippen LogP contribution in [0.25, 0.3) is 0 Å². The molecule has 1 aliphatic rings. The third-order valence-corrected chi connectivity index (χ3v) is 4.23. The molecule has 2 atom stereocenters. The Kier molecular flexibility index (Phi) is 4.02. The molecule has 1 aromatic rings. The smallest absolute Gasteiger partial charge is 0.195 e. The van der Waals surface area contributed by atoms with E-state index in [1.165, 1.54) is 32.1 Å². The van der Waals surface area contributed by atoms with E-state index in [1.807, 2.05) is 0 Å². The number of H-pyrrole nitrogens is 1. The predicted octanol–water partition coefficient (Wildman–Crippen LogP) is 4.21. The van der Waals surface area contributed by atoms with E-state index >= 15 is 0 Å². The Morgan fingerprint density at radius 3 is 2.88 bits per heavy atom. The van der Waals surface area contributed by atoms with Crippen LogP contribution in [0.15, 0.2) is 0 Å². The maximum absolute atomic E-state index is 5.39. The molecular weight excluding hydrogens is 230 g/mol. The molecule has 0 bridgehead atoms. The van der Waals surface area contributed by atoms with Crippen molar-refractivity contribution in [3.8, 4) is 0 Å². The molecule has 0 radical (unpaired) electrons. The van der Waals surface area contributed by atoms with E-state index < -0.39 is 0 Å². The molecule has 1 fully saturated rings. The van der Waals surface area contributed by atoms with E-state index in [1.54, 1.807) is 0 Å². The summed E-state index contributed by atoms with van der Waals surface area (Å²) in [7, 11) is 0. The molecule has 0 saturated heterocycles. The maximum Gasteiger partial charge on any atom is 0.195 e. The van der Waals surface area contributed by atoms with E-state index in [4.69, 9.17) is 12.2 Å². The van der Waals surface area contributed by atoms with Crippen molar-refractivity contribution in [1.82, 2.24) is 14.8 Å². The third kappa shape index (κ3) is 2.62. The van der Waals surface area contributed by atoms with Gasteiger partial charge in [-0.05, 0) is 31.0 Å². The van der Waals surface area contributed by atoms with Gasteiger partial charge in [0.15, 0.2) is 4.77 Å². The SMILES string of the molecule is CCC1CCCC(n2c(C(C)C)n[nH]c2=S)C1. The van der Waals surface area contributed by atoms with Crippen molar-refractivity contribution in [3.63, 3.8) is 0 Å². The van der Waals surface area contributed by atoms with Crippen molar-refractivity contribution in [2.75, 3.05) is 0 Å². The zero-order chi connectivity index (χ0) is 12.4. The molecule has 1 saturated carbocycles. The van der Waals surface area contributed by atoms with Gasteiger partial charge in [0.25, 0.3) is 0 Å². The van der Waals surface area contributed by atoms with Crippen molar-refractivity contribution in [3.05, 3.63) is 10.6 Å². The van der Waals surface area contributed by atoms with E-state index in [2.05, 4.69) is 35.5 Å². The zero-order valence-electron chi connectivity index (χ0n) is 11.1. The minimum Gasteiger partial charge on any atom is -0.301 e. The highest BCUT2D eigenvalue weighted by molar-refractivity contribution is 7.71. The van der Waals surface area contributed by atoms with Gasteiger partial charge in [0.1, 0.15) is 5.82 Å². The highest BCUT2D eigenvalue weighted by atomic mass is 32.1. The highest BCUT2D eigenvalue weighted by Crippen LogP contribution is 2.35. The lowest BCUT2D eigenvalue weighted by atomic mass is 9.84. The fourth-order valence-electron chi connectivity index (χ4n) is 2.94. The van der Waals surface area contributed by atoms with Crippen molar-refractivity contribution in [2.45, 2.75) is 64.8 Å². The summed E-state index contributed by atoms with van der Waals surface area (Å²) in [5, 5.41) is 7.35. The second-order valence-corrected chi connectivity index (χ2v) is 5.89. The summed E-state index contributed by atoms with van der Waals surface area (Å²) >= 11 is 5.39. The zero-order valence-corrected chi connectivity index (χ0v) is 11.9. The van der Waals surface area contributed by atoms with Crippen LogP contribution in [0.2, 0.25) is 0 Å². The van der Waals surface area contributed by atoms with Crippen LogP contribution < -0.4 is 0 Å². The van der Waals surface area contributed by atoms with Gasteiger partial charge in [-0.1, -0.05) is 40.0 Å². The lowest BCUT2D eigenvalue weighted by Gasteiger charge is -2.30. The predicted molar refractivity (Wildman–Crippen MR) is 72.8 cm³/mol. The fraction of sp³-hybridized carbons (Fsp3) is 0.846. The Morgan fingerprint density at radius 2 is 2.24 bits per heavy atom. The van der Waals surface area contributed by atoms with Gasteiger partial charge in [-0.15, -0.1) is 0 Å². The van der Waals surface area contributed by atoms with Crippen molar-refractivity contribution in [1.29, 1.82) is 0 Å². The summed E-state index contributed by atoms with van der Waals surface area (Å²) in [6.07, 6.45) is 6.52. The first-order chi connectivity index (χ1) is 8.13. The number of hydrogen-bond acceptors (Lipinski definition) is 2. The molecule has 0 spiro atoms. The molecule has 1 heterocycles. The van der Waals surface area contributed by atoms with E-state index in [9.17, 15) is 0 Å². The first-order valence-electron chi connectivity index (χ1n) is 6.80. The van der Waals surface area contributed by atoms with Gasteiger partial charge in [0.2, 0.25) is 0 Å².